The highest BCUT2D eigenvalue weighted by Crippen LogP contribution is 2.26. The van der Waals surface area contributed by atoms with Crippen molar-refractivity contribution in [2.24, 2.45) is 10.9 Å². The number of carbonyl (C=O) groups excluding carboxylic acids is 1. The first-order chi connectivity index (χ1) is 13.1. The zero-order valence-electron chi connectivity index (χ0n) is 16.4. The van der Waals surface area contributed by atoms with Gasteiger partial charge in [0, 0.05) is 43.1 Å². The van der Waals surface area contributed by atoms with Crippen LogP contribution in [-0.2, 0) is 11.3 Å². The molecule has 6 heteroatoms. The Labute approximate surface area is 171 Å². The number of nitrogens with zero attached hydrogens (tertiary/aromatic N) is 2. The van der Waals surface area contributed by atoms with Crippen molar-refractivity contribution >= 4 is 27.8 Å². The van der Waals surface area contributed by atoms with Gasteiger partial charge in [0.1, 0.15) is 0 Å². The van der Waals surface area contributed by atoms with E-state index in [1.54, 1.807) is 7.05 Å². The second-order valence-corrected chi connectivity index (χ2v) is 8.66. The Morgan fingerprint density at radius 1 is 1.26 bits per heavy atom. The lowest BCUT2D eigenvalue weighted by Gasteiger charge is -2.26. The van der Waals surface area contributed by atoms with Crippen LogP contribution in [0.15, 0.2) is 27.7 Å². The van der Waals surface area contributed by atoms with E-state index >= 15 is 0 Å². The number of aryl methyl sites for hydroxylation is 1. The molecule has 1 aliphatic heterocycles. The highest BCUT2D eigenvalue weighted by atomic mass is 79.9. The van der Waals surface area contributed by atoms with Crippen LogP contribution in [0.2, 0.25) is 0 Å². The molecule has 0 spiro atoms. The zero-order valence-corrected chi connectivity index (χ0v) is 18.0. The van der Waals surface area contributed by atoms with E-state index in [0.717, 1.165) is 49.3 Å². The normalized spacial score (nSPS) is 21.4. The average molecular weight is 435 g/mol. The highest BCUT2D eigenvalue weighted by Gasteiger charge is 2.31. The van der Waals surface area contributed by atoms with E-state index < -0.39 is 0 Å². The summed E-state index contributed by atoms with van der Waals surface area (Å²) < 4.78 is 1.10. The van der Waals surface area contributed by atoms with E-state index in [4.69, 9.17) is 0 Å². The molecule has 2 fully saturated rings. The maximum absolute atomic E-state index is 12.7. The van der Waals surface area contributed by atoms with Gasteiger partial charge in [0.05, 0.1) is 0 Å². The minimum Gasteiger partial charge on any atom is -0.352 e. The standard InChI is InChI=1S/C21H31BrN4O/c1-15-12-18(22)9-8-17(15)13-24-21(23-2)25-19-10-11-26(14-19)20(27)16-6-4-3-5-7-16/h8-9,12,16,19H,3-7,10-11,13-14H2,1-2H3,(H2,23,24,25). The van der Waals surface area contributed by atoms with E-state index in [2.05, 4.69) is 61.6 Å². The lowest BCUT2D eigenvalue weighted by atomic mass is 9.88. The predicted octanol–water partition coefficient (Wildman–Crippen LogP) is 3.60. The molecule has 27 heavy (non-hydrogen) atoms. The summed E-state index contributed by atoms with van der Waals surface area (Å²) in [5.41, 5.74) is 2.50. The summed E-state index contributed by atoms with van der Waals surface area (Å²) in [6, 6.07) is 6.58. The van der Waals surface area contributed by atoms with Crippen LogP contribution in [0.4, 0.5) is 0 Å². The molecule has 5 nitrogen and oxygen atoms in total. The third-order valence-electron chi connectivity index (χ3n) is 5.77. The number of rotatable bonds is 4. The van der Waals surface area contributed by atoms with Crippen molar-refractivity contribution in [2.75, 3.05) is 20.1 Å². The molecule has 1 aromatic rings. The van der Waals surface area contributed by atoms with Crippen LogP contribution in [0, 0.1) is 12.8 Å². The third kappa shape index (κ3) is 5.47. The molecule has 1 aromatic carbocycles. The number of likely N-dealkylation sites (tertiary alicyclic amines) is 1. The fourth-order valence-corrected chi connectivity index (χ4v) is 4.59. The van der Waals surface area contributed by atoms with Crippen LogP contribution in [0.3, 0.4) is 0 Å². The van der Waals surface area contributed by atoms with Gasteiger partial charge in [0.2, 0.25) is 5.91 Å². The van der Waals surface area contributed by atoms with Crippen molar-refractivity contribution in [2.45, 2.75) is 58.0 Å². The number of carbonyl (C=O) groups is 1. The van der Waals surface area contributed by atoms with Crippen molar-refractivity contribution in [3.63, 3.8) is 0 Å². The summed E-state index contributed by atoms with van der Waals surface area (Å²) in [5.74, 6) is 1.43. The molecule has 2 aliphatic rings. The van der Waals surface area contributed by atoms with Crippen molar-refractivity contribution in [1.82, 2.24) is 15.5 Å². The van der Waals surface area contributed by atoms with Crippen LogP contribution in [-0.4, -0.2) is 42.9 Å². The van der Waals surface area contributed by atoms with Crippen molar-refractivity contribution in [1.29, 1.82) is 0 Å². The number of aliphatic imine (C=N–C) groups is 1. The van der Waals surface area contributed by atoms with Crippen LogP contribution in [0.25, 0.3) is 0 Å². The van der Waals surface area contributed by atoms with Gasteiger partial charge in [0.25, 0.3) is 0 Å². The summed E-state index contributed by atoms with van der Waals surface area (Å²) in [6.45, 7) is 4.49. The molecule has 0 aromatic heterocycles. The largest absolute Gasteiger partial charge is 0.352 e. The minimum absolute atomic E-state index is 0.260. The van der Waals surface area contributed by atoms with Crippen LogP contribution in [0.5, 0.6) is 0 Å². The Hall–Kier alpha value is -1.56. The highest BCUT2D eigenvalue weighted by molar-refractivity contribution is 9.10. The Morgan fingerprint density at radius 2 is 2.04 bits per heavy atom. The zero-order chi connectivity index (χ0) is 19.2. The average Bonchev–Trinajstić information content (AvgIpc) is 3.15. The van der Waals surface area contributed by atoms with E-state index in [9.17, 15) is 4.79 Å². The number of hydrogen-bond acceptors (Lipinski definition) is 2. The Balaban J connectivity index is 1.48. The topological polar surface area (TPSA) is 56.7 Å². The molecule has 3 rings (SSSR count). The number of hydrogen-bond donors (Lipinski definition) is 2. The molecule has 1 unspecified atom stereocenters. The molecule has 148 valence electrons. The monoisotopic (exact) mass is 434 g/mol. The molecule has 1 saturated heterocycles. The molecular formula is C21H31BrN4O. The van der Waals surface area contributed by atoms with Gasteiger partial charge in [-0.1, -0.05) is 41.3 Å². The fourth-order valence-electron chi connectivity index (χ4n) is 4.11. The Kier molecular flexibility index (Phi) is 7.16. The third-order valence-corrected chi connectivity index (χ3v) is 6.26. The summed E-state index contributed by atoms with van der Waals surface area (Å²) in [5, 5.41) is 6.89. The smallest absolute Gasteiger partial charge is 0.225 e. The van der Waals surface area contributed by atoms with E-state index in [1.807, 2.05) is 0 Å². The molecule has 0 radical (unpaired) electrons. The van der Waals surface area contributed by atoms with Gasteiger partial charge in [-0.15, -0.1) is 0 Å². The van der Waals surface area contributed by atoms with Crippen molar-refractivity contribution in [3.05, 3.63) is 33.8 Å². The van der Waals surface area contributed by atoms with E-state index in [1.165, 1.54) is 30.4 Å². The molecule has 1 atom stereocenters. The van der Waals surface area contributed by atoms with E-state index in [0.29, 0.717) is 5.91 Å². The second-order valence-electron chi connectivity index (χ2n) is 7.75. The van der Waals surface area contributed by atoms with Gasteiger partial charge >= 0.3 is 0 Å². The predicted molar refractivity (Wildman–Crippen MR) is 114 cm³/mol. The van der Waals surface area contributed by atoms with Gasteiger partial charge in [-0.3, -0.25) is 9.79 Å². The van der Waals surface area contributed by atoms with Gasteiger partial charge in [0.15, 0.2) is 5.96 Å². The summed E-state index contributed by atoms with van der Waals surface area (Å²) in [7, 11) is 1.80. The second kappa shape index (κ2) is 9.58. The number of benzene rings is 1. The van der Waals surface area contributed by atoms with Crippen molar-refractivity contribution in [3.8, 4) is 0 Å². The first-order valence-electron chi connectivity index (χ1n) is 10.1. The molecule has 1 saturated carbocycles. The first-order valence-corrected chi connectivity index (χ1v) is 10.9. The number of guanidine groups is 1. The van der Waals surface area contributed by atoms with Gasteiger partial charge in [-0.05, 0) is 49.4 Å². The summed E-state index contributed by atoms with van der Waals surface area (Å²) in [4.78, 5) is 19.1. The van der Waals surface area contributed by atoms with E-state index in [-0.39, 0.29) is 12.0 Å². The number of amides is 1. The fraction of sp³-hybridized carbons (Fsp3) is 0.619. The van der Waals surface area contributed by atoms with Gasteiger partial charge in [-0.25, -0.2) is 0 Å². The molecule has 1 amide bonds. The Morgan fingerprint density at radius 3 is 2.74 bits per heavy atom. The Bertz CT molecular complexity index is 685. The first kappa shape index (κ1) is 20.2. The lowest BCUT2D eigenvalue weighted by Crippen LogP contribution is -2.45. The van der Waals surface area contributed by atoms with Crippen LogP contribution < -0.4 is 10.6 Å². The number of halogens is 1. The number of nitrogens with one attached hydrogen (secondary N) is 2. The molecule has 1 heterocycles. The lowest BCUT2D eigenvalue weighted by molar-refractivity contribution is -0.135. The van der Waals surface area contributed by atoms with Gasteiger partial charge in [-0.2, -0.15) is 0 Å². The quantitative estimate of drug-likeness (QED) is 0.561. The SMILES string of the molecule is CN=C(NCc1ccc(Br)cc1C)NC1CCN(C(=O)C2CCCCC2)C1. The molecule has 1 aliphatic carbocycles. The molecular weight excluding hydrogens is 404 g/mol. The maximum atomic E-state index is 12.7. The maximum Gasteiger partial charge on any atom is 0.225 e. The summed E-state index contributed by atoms with van der Waals surface area (Å²) >= 11 is 3.51. The molecule has 0 bridgehead atoms. The van der Waals surface area contributed by atoms with Crippen LogP contribution >= 0.6 is 15.9 Å². The van der Waals surface area contributed by atoms with Crippen LogP contribution in [0.1, 0.15) is 49.7 Å². The van der Waals surface area contributed by atoms with Crippen molar-refractivity contribution < 1.29 is 4.79 Å². The minimum atomic E-state index is 0.260. The molecule has 2 N–H and O–H groups in total. The summed E-state index contributed by atoms with van der Waals surface area (Å²) in [6.07, 6.45) is 6.83. The van der Waals surface area contributed by atoms with Gasteiger partial charge < -0.3 is 15.5 Å².